The summed E-state index contributed by atoms with van der Waals surface area (Å²) in [6.45, 7) is 3.04. The van der Waals surface area contributed by atoms with Crippen LogP contribution in [0.2, 0.25) is 0 Å². The Morgan fingerprint density at radius 2 is 1.70 bits per heavy atom. The first-order chi connectivity index (χ1) is 3.89. The van der Waals surface area contributed by atoms with Gasteiger partial charge in [-0.1, -0.05) is 0 Å². The minimum Gasteiger partial charge on any atom is -1.00 e. The van der Waals surface area contributed by atoms with E-state index in [4.69, 9.17) is 22.3 Å². The van der Waals surface area contributed by atoms with E-state index in [1.807, 2.05) is 0 Å². The predicted octanol–water partition coefficient (Wildman–Crippen LogP) is -3.13. The zero-order valence-corrected chi connectivity index (χ0v) is 8.63. The third kappa shape index (κ3) is 36.9. The largest absolute Gasteiger partial charge is 1.00 e. The van der Waals surface area contributed by atoms with E-state index in [0.717, 1.165) is 6.61 Å². The molecule has 0 amide bonds. The van der Waals surface area contributed by atoms with Crippen LogP contribution in [0, 0.1) is 0 Å². The fourth-order valence-electron chi connectivity index (χ4n) is 0.0962. The summed E-state index contributed by atoms with van der Waals surface area (Å²) < 4.78 is 36.3. The van der Waals surface area contributed by atoms with Gasteiger partial charge in [0.25, 0.3) is 0 Å². The van der Waals surface area contributed by atoms with Crippen LogP contribution in [-0.4, -0.2) is 30.2 Å². The van der Waals surface area contributed by atoms with Crippen molar-refractivity contribution in [1.29, 1.82) is 0 Å². The molecule has 1 aliphatic heterocycles. The van der Waals surface area contributed by atoms with Crippen molar-refractivity contribution in [2.24, 2.45) is 0 Å². The van der Waals surface area contributed by atoms with Crippen LogP contribution in [0.3, 0.4) is 0 Å². The first kappa shape index (κ1) is 13.4. The number of rotatable bonds is 0. The fourth-order valence-corrected chi connectivity index (χ4v) is 0.0962. The molecule has 0 saturated carbocycles. The number of ether oxygens (including phenoxy) is 1. The van der Waals surface area contributed by atoms with E-state index in [1.54, 1.807) is 0 Å². The van der Waals surface area contributed by atoms with Gasteiger partial charge >= 0.3 is 40.0 Å². The van der Waals surface area contributed by atoms with Gasteiger partial charge in [-0.25, -0.2) is 0 Å². The summed E-state index contributed by atoms with van der Waals surface area (Å²) in [4.78, 5) is 0. The van der Waals surface area contributed by atoms with Crippen LogP contribution in [0.15, 0.2) is 0 Å². The SMILES string of the molecule is CC1CO1.O=S(=O)(O)O.[H-].[Na+]. The minimum absolute atomic E-state index is 0. The molecule has 1 atom stereocenters. The van der Waals surface area contributed by atoms with E-state index >= 15 is 0 Å². The van der Waals surface area contributed by atoms with Crippen molar-refractivity contribution in [3.8, 4) is 0 Å². The monoisotopic (exact) mass is 180 g/mol. The van der Waals surface area contributed by atoms with Crippen molar-refractivity contribution in [1.82, 2.24) is 0 Å². The third-order valence-corrected chi connectivity index (χ3v) is 0.500. The molecule has 7 heteroatoms. The Kier molecular flexibility index (Phi) is 7.35. The van der Waals surface area contributed by atoms with E-state index in [2.05, 4.69) is 6.92 Å². The van der Waals surface area contributed by atoms with Gasteiger partial charge in [-0.2, -0.15) is 8.42 Å². The molecule has 58 valence electrons. The molecule has 0 bridgehead atoms. The molecule has 0 aliphatic carbocycles. The molecule has 0 radical (unpaired) electrons. The maximum Gasteiger partial charge on any atom is 1.00 e. The summed E-state index contributed by atoms with van der Waals surface area (Å²) in [6.07, 6.45) is 0.583. The van der Waals surface area contributed by atoms with Gasteiger partial charge in [-0.15, -0.1) is 0 Å². The third-order valence-electron chi connectivity index (χ3n) is 0.500. The molecule has 1 unspecified atom stereocenters. The molecule has 1 saturated heterocycles. The van der Waals surface area contributed by atoms with Crippen LogP contribution < -0.4 is 29.6 Å². The molecule has 1 rings (SSSR count). The second-order valence-corrected chi connectivity index (χ2v) is 2.49. The summed E-state index contributed by atoms with van der Waals surface area (Å²) in [5.74, 6) is 0. The summed E-state index contributed by atoms with van der Waals surface area (Å²) in [5, 5.41) is 0. The van der Waals surface area contributed by atoms with Gasteiger partial charge in [0.05, 0.1) is 12.7 Å². The quantitative estimate of drug-likeness (QED) is 0.234. The Balaban J connectivity index is -0.0000000990. The molecule has 5 nitrogen and oxygen atoms in total. The maximum absolute atomic E-state index is 8.74. The zero-order valence-electron chi connectivity index (χ0n) is 6.81. The van der Waals surface area contributed by atoms with Crippen LogP contribution in [0.5, 0.6) is 0 Å². The maximum atomic E-state index is 8.74. The second kappa shape index (κ2) is 5.48. The Hall–Kier alpha value is 0.830. The molecular formula is C3H9NaO5S. The fraction of sp³-hybridized carbons (Fsp3) is 1.00. The Labute approximate surface area is 83.1 Å². The summed E-state index contributed by atoms with van der Waals surface area (Å²) in [7, 11) is -4.67. The summed E-state index contributed by atoms with van der Waals surface area (Å²) in [5.41, 5.74) is 0. The topological polar surface area (TPSA) is 87.1 Å². The number of hydrogen-bond acceptors (Lipinski definition) is 3. The van der Waals surface area contributed by atoms with Crippen LogP contribution in [0.25, 0.3) is 0 Å². The molecule has 0 aromatic carbocycles. The normalized spacial score (nSPS) is 21.7. The van der Waals surface area contributed by atoms with Gasteiger partial charge in [0.15, 0.2) is 0 Å². The van der Waals surface area contributed by atoms with Gasteiger partial charge in [0.1, 0.15) is 0 Å². The average molecular weight is 180 g/mol. The number of hydrogen-bond donors (Lipinski definition) is 2. The molecular weight excluding hydrogens is 171 g/mol. The van der Waals surface area contributed by atoms with E-state index in [1.165, 1.54) is 0 Å². The Morgan fingerprint density at radius 3 is 1.70 bits per heavy atom. The van der Waals surface area contributed by atoms with Crippen LogP contribution in [0.1, 0.15) is 8.35 Å². The van der Waals surface area contributed by atoms with Gasteiger partial charge in [0.2, 0.25) is 0 Å². The van der Waals surface area contributed by atoms with Crippen molar-refractivity contribution in [3.05, 3.63) is 0 Å². The molecule has 2 N–H and O–H groups in total. The minimum atomic E-state index is -4.67. The smallest absolute Gasteiger partial charge is 1.00 e. The van der Waals surface area contributed by atoms with Gasteiger partial charge in [-0.05, 0) is 6.92 Å². The average Bonchev–Trinajstić information content (AvgIpc) is 2.13. The standard InChI is InChI=1S/C3H6O.Na.H2O4S.H/c1-3-2-4-3;;1-5(2,3)4;/h3H,2H2,1H3;;(H2,1,2,3,4);/q;+1;;-1. The Morgan fingerprint density at radius 1 is 1.60 bits per heavy atom. The Bertz CT molecular complexity index is 157. The zero-order chi connectivity index (χ0) is 7.49. The van der Waals surface area contributed by atoms with Crippen molar-refractivity contribution < 1.29 is 53.2 Å². The molecule has 0 spiro atoms. The summed E-state index contributed by atoms with van der Waals surface area (Å²) >= 11 is 0. The molecule has 10 heavy (non-hydrogen) atoms. The van der Waals surface area contributed by atoms with E-state index in [9.17, 15) is 0 Å². The first-order valence-electron chi connectivity index (χ1n) is 2.21. The van der Waals surface area contributed by atoms with Crippen molar-refractivity contribution in [2.45, 2.75) is 13.0 Å². The first-order valence-corrected chi connectivity index (χ1v) is 3.61. The van der Waals surface area contributed by atoms with Crippen molar-refractivity contribution in [2.75, 3.05) is 6.61 Å². The molecule has 1 aliphatic rings. The van der Waals surface area contributed by atoms with E-state index < -0.39 is 10.4 Å². The van der Waals surface area contributed by atoms with Gasteiger partial charge in [-0.3, -0.25) is 9.11 Å². The van der Waals surface area contributed by atoms with Crippen molar-refractivity contribution in [3.63, 3.8) is 0 Å². The van der Waals surface area contributed by atoms with Crippen molar-refractivity contribution >= 4 is 10.4 Å². The summed E-state index contributed by atoms with van der Waals surface area (Å²) in [6, 6.07) is 0. The number of epoxide rings is 1. The predicted molar refractivity (Wildman–Crippen MR) is 30.7 cm³/mol. The molecule has 0 aromatic heterocycles. The molecule has 1 heterocycles. The van der Waals surface area contributed by atoms with Crippen LogP contribution in [-0.2, 0) is 15.1 Å². The van der Waals surface area contributed by atoms with Crippen LogP contribution in [0.4, 0.5) is 0 Å². The van der Waals surface area contributed by atoms with E-state index in [-0.39, 0.29) is 31.0 Å². The molecule has 1 fully saturated rings. The van der Waals surface area contributed by atoms with Gasteiger partial charge in [0, 0.05) is 0 Å². The van der Waals surface area contributed by atoms with Crippen LogP contribution >= 0.6 is 0 Å². The molecule has 0 aromatic rings. The van der Waals surface area contributed by atoms with E-state index in [0.29, 0.717) is 6.10 Å². The second-order valence-electron chi connectivity index (χ2n) is 1.59. The van der Waals surface area contributed by atoms with Gasteiger partial charge < -0.3 is 6.16 Å².